The number of rotatable bonds is 18. The summed E-state index contributed by atoms with van der Waals surface area (Å²) in [5, 5.41) is 6.59. The fourth-order valence-corrected chi connectivity index (χ4v) is 33.7. The van der Waals surface area contributed by atoms with Crippen LogP contribution in [-0.2, 0) is 67.7 Å². The maximum absolute atomic E-state index is 2.53. The van der Waals surface area contributed by atoms with Crippen molar-refractivity contribution in [1.29, 1.82) is 0 Å². The summed E-state index contributed by atoms with van der Waals surface area (Å²) >= 11 is 0. The fourth-order valence-electron chi connectivity index (χ4n) is 19.1. The van der Waals surface area contributed by atoms with Gasteiger partial charge < -0.3 is 44.6 Å². The van der Waals surface area contributed by atoms with E-state index in [2.05, 4.69) is 434 Å². The first kappa shape index (κ1) is 140. The zero-order valence-electron chi connectivity index (χ0n) is 95.0. The standard InChI is InChI=1S/3C33H53P.C9H12.C4H10.C3H8.6CH3.3Pd/c3*1-19(2)26-17-27(20(3)4)30(28(18-26)21(5)6)29-24(9)22(7)23(8)25(10)31(29)34(32(11,12)13)33(14,15)16;1-2-6-9-7-4-3-5-8-9;1-3-4-2;1-3-2;;;;;;;;;/h3*17-21H,1-16H3;3-5,7-8H,2,6H2,1H3;3-4H2,1-2H3;3H2,1-2H3;6*1H3;;;/q;;;;;;6*-1;3*+2/p+3. The van der Waals surface area contributed by atoms with E-state index in [9.17, 15) is 0 Å². The third-order valence-electron chi connectivity index (χ3n) is 25.3. The Hall–Kier alpha value is -2.18. The molecule has 0 atom stereocenters. The molecule has 127 heavy (non-hydrogen) atoms. The van der Waals surface area contributed by atoms with Gasteiger partial charge in [0.25, 0.3) is 0 Å². The van der Waals surface area contributed by atoms with Crippen LogP contribution < -0.4 is 15.9 Å². The number of aryl methyl sites for hydroxylation is 1. The molecule has 0 aliphatic carbocycles. The molecule has 7 aromatic rings. The second-order valence-electron chi connectivity index (χ2n) is 44.9. The van der Waals surface area contributed by atoms with Crippen LogP contribution in [0.4, 0.5) is 0 Å². The normalized spacial score (nSPS) is 11.6. The van der Waals surface area contributed by atoms with Gasteiger partial charge in [0, 0.05) is 40.5 Å². The minimum atomic E-state index is -0.931. The molecule has 7 rings (SSSR count). The molecule has 736 valence electrons. The van der Waals surface area contributed by atoms with Crippen LogP contribution in [0.5, 0.6) is 0 Å². The van der Waals surface area contributed by atoms with Gasteiger partial charge in [0.15, 0.2) is 0 Å². The molecule has 0 spiro atoms. The number of benzene rings is 7. The molecule has 0 bridgehead atoms. The summed E-state index contributed by atoms with van der Waals surface area (Å²) in [5.41, 5.74) is 42.4. The quantitative estimate of drug-likeness (QED) is 0.0456. The van der Waals surface area contributed by atoms with Crippen LogP contribution in [0.25, 0.3) is 33.4 Å². The second kappa shape index (κ2) is 58.4. The van der Waals surface area contributed by atoms with Crippen LogP contribution in [0.1, 0.15) is 485 Å². The van der Waals surface area contributed by atoms with Crippen LogP contribution in [0, 0.1) is 128 Å². The van der Waals surface area contributed by atoms with Crippen molar-refractivity contribution in [3.8, 4) is 33.4 Å². The molecule has 6 heteroatoms. The SMILES string of the molecule is CCC.CCCC.CCCc1ccccc1.Cc1c(C)c(C)c([PH+](C(C)(C)C)C(C)(C)C)c(-c2c(C(C)C)cc(C(C)C)cc2C(C)C)c1C.Cc1c(C)c(C)c([PH+](C(C)(C)C)C(C)(C)C)c(-c2c(C(C)C)cc(C(C)C)cc2C(C)C)c1C.Cc1c(C)c(C)c([PH+](C(C)(C)C)C(C)(C)C)c(-c2c(C(C)C)cc(C(C)C)cc2C(C)C)c1C.[CH3-].[CH3-].[CH3-].[CH3-].[CH3-].[CH3-].[Pd+2].[Pd+2].[Pd+2]. The third-order valence-corrected chi connectivity index (χ3v) is 37.7. The molecule has 0 N–H and O–H groups in total. The fraction of sp³-hybridized carbons (Fsp3) is 0.603. The van der Waals surface area contributed by atoms with E-state index in [0.717, 1.165) is 0 Å². The van der Waals surface area contributed by atoms with Crippen molar-refractivity contribution in [1.82, 2.24) is 0 Å². The summed E-state index contributed by atoms with van der Waals surface area (Å²) in [5.74, 6) is 4.53. The van der Waals surface area contributed by atoms with E-state index in [1.165, 1.54) is 155 Å². The van der Waals surface area contributed by atoms with Crippen molar-refractivity contribution in [2.75, 3.05) is 0 Å². The van der Waals surface area contributed by atoms with Crippen molar-refractivity contribution in [3.63, 3.8) is 0 Å². The van der Waals surface area contributed by atoms with Gasteiger partial charge in [0.1, 0.15) is 15.9 Å². The maximum atomic E-state index is 2.53. The molecule has 0 nitrogen and oxygen atoms in total. The van der Waals surface area contributed by atoms with Gasteiger partial charge in [-0.2, -0.15) is 0 Å². The van der Waals surface area contributed by atoms with E-state index >= 15 is 0 Å². The van der Waals surface area contributed by atoms with Gasteiger partial charge >= 0.3 is 61.3 Å². The number of hydrogen-bond donors (Lipinski definition) is 0. The zero-order chi connectivity index (χ0) is 92.1. The minimum absolute atomic E-state index is 0. The van der Waals surface area contributed by atoms with Crippen molar-refractivity contribution in [2.45, 2.75) is 483 Å². The van der Waals surface area contributed by atoms with Gasteiger partial charge in [-0.15, -0.1) is 0 Å². The molecule has 0 saturated heterocycles. The van der Waals surface area contributed by atoms with Crippen molar-refractivity contribution in [3.05, 3.63) is 234 Å². The van der Waals surface area contributed by atoms with Gasteiger partial charge in [0.05, 0.1) is 30.9 Å². The molecule has 0 aliphatic rings. The molecule has 7 aromatic carbocycles. The molecule has 0 amide bonds. The molecule has 0 radical (unpaired) electrons. The zero-order valence-corrected chi connectivity index (χ0v) is 103. The van der Waals surface area contributed by atoms with Crippen LogP contribution in [-0.4, -0.2) is 30.9 Å². The van der Waals surface area contributed by atoms with Crippen molar-refractivity contribution >= 4 is 39.7 Å². The summed E-state index contributed by atoms with van der Waals surface area (Å²) in [6, 6.07) is 25.8. The predicted octanol–water partition coefficient (Wildman–Crippen LogP) is 39.7. The van der Waals surface area contributed by atoms with Gasteiger partial charge in [-0.25, -0.2) is 0 Å². The van der Waals surface area contributed by atoms with Crippen LogP contribution in [0.2, 0.25) is 0 Å². The molecule has 0 aromatic heterocycles. The molecule has 0 aliphatic heterocycles. The molecule has 0 fully saturated rings. The van der Waals surface area contributed by atoms with Crippen molar-refractivity contribution < 1.29 is 61.3 Å². The van der Waals surface area contributed by atoms with Crippen LogP contribution in [0.15, 0.2) is 66.7 Å². The Morgan fingerprint density at radius 1 is 0.220 bits per heavy atom. The van der Waals surface area contributed by atoms with Crippen LogP contribution in [0.3, 0.4) is 0 Å². The van der Waals surface area contributed by atoms with Gasteiger partial charge in [-0.05, 0) is 406 Å². The topological polar surface area (TPSA) is 0 Å². The average molecular weight is 2080 g/mol. The molecular formula is C121H210P3Pd3+3. The Morgan fingerprint density at radius 2 is 0.378 bits per heavy atom. The smallest absolute Gasteiger partial charge is 0.358 e. The second-order valence-corrected chi connectivity index (χ2v) is 57.7. The van der Waals surface area contributed by atoms with Crippen molar-refractivity contribution in [2.24, 2.45) is 0 Å². The third kappa shape index (κ3) is 36.0. The van der Waals surface area contributed by atoms with Gasteiger partial charge in [0.2, 0.25) is 0 Å². The van der Waals surface area contributed by atoms with Crippen LogP contribution >= 0.6 is 23.8 Å². The van der Waals surface area contributed by atoms with Gasteiger partial charge in [-0.1, -0.05) is 252 Å². The van der Waals surface area contributed by atoms with E-state index in [1.807, 2.05) is 0 Å². The van der Waals surface area contributed by atoms with Gasteiger partial charge in [-0.3, -0.25) is 0 Å². The average Bonchev–Trinajstić information content (AvgIpc) is 0.737. The molecule has 0 saturated carbocycles. The largest absolute Gasteiger partial charge is 2.00 e. The Labute approximate surface area is 844 Å². The Kier molecular flexibility index (Phi) is 64.5. The first-order valence-electron chi connectivity index (χ1n) is 47.3. The Morgan fingerprint density at radius 3 is 0.504 bits per heavy atom. The first-order valence-corrected chi connectivity index (χ1v) is 51.8. The van der Waals surface area contributed by atoms with E-state index in [4.69, 9.17) is 0 Å². The minimum Gasteiger partial charge on any atom is -0.358 e. The molecule has 0 heterocycles. The summed E-state index contributed by atoms with van der Waals surface area (Å²) in [7, 11) is -2.79. The predicted molar refractivity (Wildman–Crippen MR) is 597 cm³/mol. The maximum Gasteiger partial charge on any atom is 2.00 e. The Balaban J connectivity index is -0.000000247. The number of hydrogen-bond acceptors (Lipinski definition) is 0. The summed E-state index contributed by atoms with van der Waals surface area (Å²) in [4.78, 5) is 0. The molecular weight excluding hydrogens is 1870 g/mol. The summed E-state index contributed by atoms with van der Waals surface area (Å²) in [6.07, 6.45) is 6.34. The number of unbranched alkanes of at least 4 members (excludes halogenated alkanes) is 1. The summed E-state index contributed by atoms with van der Waals surface area (Å²) < 4.78 is 0. The Bertz CT molecular complexity index is 3830. The first-order chi connectivity index (χ1) is 53.7. The summed E-state index contributed by atoms with van der Waals surface area (Å²) in [6.45, 7) is 127. The van der Waals surface area contributed by atoms with E-state index < -0.39 is 23.8 Å². The van der Waals surface area contributed by atoms with E-state index in [1.54, 1.807) is 49.3 Å². The molecule has 0 unspecified atom stereocenters. The van der Waals surface area contributed by atoms with E-state index in [0.29, 0.717) is 53.3 Å². The monoisotopic (exact) mass is 2070 g/mol. The van der Waals surface area contributed by atoms with E-state index in [-0.39, 0.29) is 137 Å².